The number of rotatable bonds is 5. The molecule has 2 N–H and O–H groups in total. The Morgan fingerprint density at radius 3 is 2.52 bits per heavy atom. The summed E-state index contributed by atoms with van der Waals surface area (Å²) < 4.78 is 21.8. The highest BCUT2D eigenvalue weighted by atomic mass is 16.7. The number of anilines is 1. The van der Waals surface area contributed by atoms with Crippen LogP contribution in [0.3, 0.4) is 0 Å². The van der Waals surface area contributed by atoms with Gasteiger partial charge in [0.25, 0.3) is 5.91 Å². The quantitative estimate of drug-likeness (QED) is 0.827. The number of likely N-dealkylation sites (N-methyl/N-ethyl adjacent to an activating group) is 1. The van der Waals surface area contributed by atoms with E-state index in [0.717, 1.165) is 22.0 Å². The molecular formula is C20H23N2O5+. The molecule has 2 aromatic carbocycles. The lowest BCUT2D eigenvalue weighted by atomic mass is 10.1. The van der Waals surface area contributed by atoms with Crippen LogP contribution in [-0.2, 0) is 11.3 Å². The summed E-state index contributed by atoms with van der Waals surface area (Å²) in [5, 5.41) is 2.96. The lowest BCUT2D eigenvalue weighted by molar-refractivity contribution is -0.907. The minimum atomic E-state index is -0.233. The molecule has 0 saturated carbocycles. The molecule has 27 heavy (non-hydrogen) atoms. The van der Waals surface area contributed by atoms with Crippen LogP contribution in [0.1, 0.15) is 12.5 Å². The predicted molar refractivity (Wildman–Crippen MR) is 98.7 cm³/mol. The van der Waals surface area contributed by atoms with Crippen LogP contribution in [-0.4, -0.2) is 39.0 Å². The minimum Gasteiger partial charge on any atom is -0.486 e. The molecule has 0 aromatic heterocycles. The van der Waals surface area contributed by atoms with Gasteiger partial charge in [-0.05, 0) is 37.3 Å². The van der Waals surface area contributed by atoms with Crippen LogP contribution in [0.2, 0.25) is 0 Å². The molecule has 2 aliphatic rings. The molecule has 0 spiro atoms. The highest BCUT2D eigenvalue weighted by Crippen LogP contribution is 2.33. The molecule has 1 unspecified atom stereocenters. The summed E-state index contributed by atoms with van der Waals surface area (Å²) in [6.07, 6.45) is 0. The Morgan fingerprint density at radius 2 is 1.67 bits per heavy atom. The number of carbonyl (C=O) groups is 1. The second-order valence-electron chi connectivity index (χ2n) is 6.78. The van der Waals surface area contributed by atoms with E-state index < -0.39 is 0 Å². The molecule has 7 nitrogen and oxygen atoms in total. The fourth-order valence-corrected chi connectivity index (χ4v) is 3.12. The minimum absolute atomic E-state index is 0.0510. The largest absolute Gasteiger partial charge is 0.486 e. The van der Waals surface area contributed by atoms with E-state index in [1.54, 1.807) is 6.07 Å². The van der Waals surface area contributed by atoms with Crippen LogP contribution >= 0.6 is 0 Å². The van der Waals surface area contributed by atoms with Gasteiger partial charge in [0.05, 0.1) is 7.05 Å². The summed E-state index contributed by atoms with van der Waals surface area (Å²) in [7, 11) is 2.00. The average Bonchev–Trinajstić information content (AvgIpc) is 3.15. The number of benzene rings is 2. The van der Waals surface area contributed by atoms with Gasteiger partial charge in [0.2, 0.25) is 6.79 Å². The van der Waals surface area contributed by atoms with Crippen molar-refractivity contribution >= 4 is 11.6 Å². The Kier molecular flexibility index (Phi) is 4.77. The summed E-state index contributed by atoms with van der Waals surface area (Å²) in [6, 6.07) is 11.1. The Hall–Kier alpha value is -2.93. The van der Waals surface area contributed by atoms with Crippen molar-refractivity contribution in [3.8, 4) is 23.0 Å². The summed E-state index contributed by atoms with van der Waals surface area (Å²) >= 11 is 0. The normalized spacial score (nSPS) is 16.5. The molecule has 0 aliphatic carbocycles. The van der Waals surface area contributed by atoms with Crippen molar-refractivity contribution in [2.45, 2.75) is 19.5 Å². The monoisotopic (exact) mass is 371 g/mol. The third-order valence-corrected chi connectivity index (χ3v) is 4.86. The second-order valence-corrected chi connectivity index (χ2v) is 6.78. The number of nitrogens with one attached hydrogen (secondary N) is 2. The van der Waals surface area contributed by atoms with Gasteiger partial charge in [-0.25, -0.2) is 0 Å². The van der Waals surface area contributed by atoms with Crippen molar-refractivity contribution < 1.29 is 28.6 Å². The Labute approximate surface area is 157 Å². The van der Waals surface area contributed by atoms with Crippen LogP contribution in [0.5, 0.6) is 23.0 Å². The first-order valence-electron chi connectivity index (χ1n) is 9.01. The zero-order valence-electron chi connectivity index (χ0n) is 15.4. The maximum atomic E-state index is 12.7. The fraction of sp³-hybridized carbons (Fsp3) is 0.350. The molecule has 2 atom stereocenters. The van der Waals surface area contributed by atoms with E-state index in [1.165, 1.54) is 0 Å². The molecular weight excluding hydrogens is 348 g/mol. The van der Waals surface area contributed by atoms with Gasteiger partial charge in [0.1, 0.15) is 19.8 Å². The molecule has 4 rings (SSSR count). The molecule has 0 saturated heterocycles. The Morgan fingerprint density at radius 1 is 1.00 bits per heavy atom. The summed E-state index contributed by atoms with van der Waals surface area (Å²) in [5.74, 6) is 2.84. The molecule has 142 valence electrons. The number of ether oxygens (including phenoxy) is 4. The lowest BCUT2D eigenvalue weighted by Crippen LogP contribution is -3.12. The topological polar surface area (TPSA) is 70.5 Å². The van der Waals surface area contributed by atoms with Gasteiger partial charge in [-0.1, -0.05) is 0 Å². The number of hydrogen-bond acceptors (Lipinski definition) is 5. The van der Waals surface area contributed by atoms with Gasteiger partial charge in [-0.15, -0.1) is 0 Å². The zero-order chi connectivity index (χ0) is 18.8. The van der Waals surface area contributed by atoms with Crippen molar-refractivity contribution in [3.05, 3.63) is 42.0 Å². The van der Waals surface area contributed by atoms with Crippen LogP contribution < -0.4 is 29.2 Å². The smallest absolute Gasteiger partial charge is 0.282 e. The second kappa shape index (κ2) is 7.36. The first-order valence-corrected chi connectivity index (χ1v) is 9.01. The highest BCUT2D eigenvalue weighted by Gasteiger charge is 2.24. The first kappa shape index (κ1) is 17.5. The number of carbonyl (C=O) groups excluding carboxylic acids is 1. The number of quaternary nitrogens is 1. The molecule has 0 radical (unpaired) electrons. The van der Waals surface area contributed by atoms with E-state index >= 15 is 0 Å². The van der Waals surface area contributed by atoms with Gasteiger partial charge in [-0.2, -0.15) is 0 Å². The van der Waals surface area contributed by atoms with Crippen molar-refractivity contribution in [2.24, 2.45) is 0 Å². The number of hydrogen-bond donors (Lipinski definition) is 2. The molecule has 7 heteroatoms. The van der Waals surface area contributed by atoms with E-state index in [2.05, 4.69) is 5.32 Å². The number of fused-ring (bicyclic) bond motifs is 2. The first-order chi connectivity index (χ1) is 13.1. The average molecular weight is 371 g/mol. The molecule has 2 aliphatic heterocycles. The van der Waals surface area contributed by atoms with Gasteiger partial charge >= 0.3 is 0 Å². The predicted octanol–water partition coefficient (Wildman–Crippen LogP) is 1.23. The molecule has 0 bridgehead atoms. The van der Waals surface area contributed by atoms with Gasteiger partial charge < -0.3 is 29.2 Å². The lowest BCUT2D eigenvalue weighted by Gasteiger charge is -2.22. The third kappa shape index (κ3) is 3.78. The van der Waals surface area contributed by atoms with E-state index in [4.69, 9.17) is 18.9 Å². The molecule has 2 aromatic rings. The van der Waals surface area contributed by atoms with E-state index in [9.17, 15) is 4.79 Å². The van der Waals surface area contributed by atoms with Crippen LogP contribution in [0.15, 0.2) is 36.4 Å². The third-order valence-electron chi connectivity index (χ3n) is 4.86. The van der Waals surface area contributed by atoms with Crippen LogP contribution in [0.4, 0.5) is 5.69 Å². The van der Waals surface area contributed by atoms with Gasteiger partial charge in [0.15, 0.2) is 29.0 Å². The SMILES string of the molecule is C[C@H](C(=O)Nc1ccc2c(c1)OCCO2)[NH+](C)Cc1ccc2c(c1)OCO2. The highest BCUT2D eigenvalue weighted by molar-refractivity contribution is 5.93. The van der Waals surface area contributed by atoms with Crippen LogP contribution in [0.25, 0.3) is 0 Å². The summed E-state index contributed by atoms with van der Waals surface area (Å²) in [6.45, 7) is 3.94. The molecule has 1 amide bonds. The fourth-order valence-electron chi connectivity index (χ4n) is 3.12. The maximum absolute atomic E-state index is 12.7. The van der Waals surface area contributed by atoms with E-state index in [1.807, 2.05) is 44.3 Å². The van der Waals surface area contributed by atoms with Crippen molar-refractivity contribution in [1.29, 1.82) is 0 Å². The Balaban J connectivity index is 1.38. The Bertz CT molecular complexity index is 854. The zero-order valence-corrected chi connectivity index (χ0v) is 15.4. The van der Waals surface area contributed by atoms with E-state index in [0.29, 0.717) is 36.9 Å². The standard InChI is InChI=1S/C20H22N2O5/c1-13(22(2)11-14-3-5-17-18(9-14)27-12-26-17)20(23)21-15-4-6-16-19(10-15)25-8-7-24-16/h3-6,9-10,13H,7-8,11-12H2,1-2H3,(H,21,23)/p+1/t13-/m1/s1. The van der Waals surface area contributed by atoms with Gasteiger partial charge in [-0.3, -0.25) is 4.79 Å². The maximum Gasteiger partial charge on any atom is 0.282 e. The van der Waals surface area contributed by atoms with E-state index in [-0.39, 0.29) is 18.7 Å². The number of amides is 1. The van der Waals surface area contributed by atoms with Crippen molar-refractivity contribution in [2.75, 3.05) is 32.4 Å². The van der Waals surface area contributed by atoms with Crippen LogP contribution in [0, 0.1) is 0 Å². The van der Waals surface area contributed by atoms with Crippen molar-refractivity contribution in [1.82, 2.24) is 0 Å². The summed E-state index contributed by atoms with van der Waals surface area (Å²) in [5.41, 5.74) is 1.79. The van der Waals surface area contributed by atoms with Gasteiger partial charge in [0, 0.05) is 17.3 Å². The summed E-state index contributed by atoms with van der Waals surface area (Å²) in [4.78, 5) is 13.7. The van der Waals surface area contributed by atoms with Crippen molar-refractivity contribution in [3.63, 3.8) is 0 Å². The molecule has 0 fully saturated rings. The molecule has 2 heterocycles.